The minimum Gasteiger partial charge on any atom is -0.291 e. The number of hydrogen-bond acceptors (Lipinski definition) is 4. The Hall–Kier alpha value is -5.36. The summed E-state index contributed by atoms with van der Waals surface area (Å²) in [6.07, 6.45) is 0. The van der Waals surface area contributed by atoms with Crippen LogP contribution in [0, 0.1) is 0 Å². The van der Waals surface area contributed by atoms with Crippen LogP contribution in [0.1, 0.15) is 0 Å². The molecule has 0 saturated heterocycles. The lowest BCUT2D eigenvalue weighted by Gasteiger charge is -2.11. The van der Waals surface area contributed by atoms with E-state index < -0.39 is 0 Å². The fourth-order valence-corrected chi connectivity index (χ4v) is 9.17. The summed E-state index contributed by atoms with van der Waals surface area (Å²) in [5.74, 6) is 0.918. The summed E-state index contributed by atoms with van der Waals surface area (Å²) in [4.78, 5) is 10.7. The quantitative estimate of drug-likeness (QED) is 0.187. The van der Waals surface area contributed by atoms with E-state index in [9.17, 15) is 0 Å². The molecule has 0 radical (unpaired) electrons. The Kier molecular flexibility index (Phi) is 5.32. The fraction of sp³-hybridized carbons (Fsp3) is 0. The Morgan fingerprint density at radius 3 is 1.60 bits per heavy atom. The molecule has 10 aromatic rings. The summed E-state index contributed by atoms with van der Waals surface area (Å²) in [5, 5.41) is 4.70. The van der Waals surface area contributed by atoms with Crippen molar-refractivity contribution in [1.82, 2.24) is 14.5 Å². The lowest BCUT2D eigenvalue weighted by Crippen LogP contribution is -1.98. The zero-order valence-electron chi connectivity index (χ0n) is 23.9. The van der Waals surface area contributed by atoms with Gasteiger partial charge in [0.1, 0.15) is 5.82 Å². The van der Waals surface area contributed by atoms with Crippen LogP contribution < -0.4 is 0 Å². The minimum absolute atomic E-state index is 0.918. The molecule has 0 spiro atoms. The predicted octanol–water partition coefficient (Wildman–Crippen LogP) is 11.6. The number of nitrogens with zero attached hydrogens (tertiary/aromatic N) is 3. The Bertz CT molecular complexity index is 2660. The molecule has 0 aliphatic rings. The molecule has 0 fully saturated rings. The molecule has 5 heterocycles. The summed E-state index contributed by atoms with van der Waals surface area (Å²) in [5.41, 5.74) is 8.76. The van der Waals surface area contributed by atoms with Gasteiger partial charge in [-0.25, -0.2) is 9.97 Å². The van der Waals surface area contributed by atoms with Gasteiger partial charge in [-0.3, -0.25) is 4.57 Å². The van der Waals surface area contributed by atoms with Gasteiger partial charge in [0, 0.05) is 36.5 Å². The third-order valence-electron chi connectivity index (χ3n) is 8.81. The number of pyridine rings is 2. The van der Waals surface area contributed by atoms with Crippen molar-refractivity contribution in [3.63, 3.8) is 0 Å². The molecule has 45 heavy (non-hydrogen) atoms. The molecular weight excluding hydrogens is 587 g/mol. The van der Waals surface area contributed by atoms with Crippen molar-refractivity contribution in [1.29, 1.82) is 0 Å². The molecule has 5 aromatic carbocycles. The molecule has 0 saturated carbocycles. The van der Waals surface area contributed by atoms with Gasteiger partial charge in [0.15, 0.2) is 0 Å². The Labute approximate surface area is 266 Å². The summed E-state index contributed by atoms with van der Waals surface area (Å²) in [6.45, 7) is 0. The van der Waals surface area contributed by atoms with Crippen LogP contribution in [0.4, 0.5) is 0 Å². The Morgan fingerprint density at radius 2 is 0.933 bits per heavy atom. The number of rotatable bonds is 3. The first-order chi connectivity index (χ1) is 22.3. The average Bonchev–Trinajstić information content (AvgIpc) is 3.76. The molecule has 0 aliphatic heterocycles. The highest BCUT2D eigenvalue weighted by Crippen LogP contribution is 2.47. The van der Waals surface area contributed by atoms with Crippen LogP contribution in [0.15, 0.2) is 140 Å². The molecule has 0 amide bonds. The number of thiophene rings is 2. The van der Waals surface area contributed by atoms with Crippen LogP contribution in [-0.2, 0) is 0 Å². The van der Waals surface area contributed by atoms with Crippen molar-refractivity contribution in [2.75, 3.05) is 0 Å². The van der Waals surface area contributed by atoms with Crippen LogP contribution >= 0.6 is 22.7 Å². The van der Waals surface area contributed by atoms with E-state index in [0.29, 0.717) is 0 Å². The summed E-state index contributed by atoms with van der Waals surface area (Å²) < 4.78 is 7.64. The Morgan fingerprint density at radius 1 is 0.422 bits per heavy atom. The fourth-order valence-electron chi connectivity index (χ4n) is 6.66. The van der Waals surface area contributed by atoms with E-state index in [1.54, 1.807) is 0 Å². The van der Waals surface area contributed by atoms with Crippen molar-refractivity contribution in [2.45, 2.75) is 0 Å². The maximum atomic E-state index is 5.42. The van der Waals surface area contributed by atoms with Crippen molar-refractivity contribution in [2.24, 2.45) is 0 Å². The molecule has 0 N–H and O–H groups in total. The molecule has 5 heteroatoms. The molecule has 5 aromatic heterocycles. The first-order valence-corrected chi connectivity index (χ1v) is 16.6. The molecule has 0 atom stereocenters. The van der Waals surface area contributed by atoms with Crippen molar-refractivity contribution in [3.05, 3.63) is 140 Å². The van der Waals surface area contributed by atoms with Gasteiger partial charge in [0.05, 0.1) is 37.2 Å². The van der Waals surface area contributed by atoms with Gasteiger partial charge in [0.2, 0.25) is 0 Å². The number of fused-ring (bicyclic) bond motifs is 10. The van der Waals surface area contributed by atoms with E-state index in [2.05, 4.69) is 138 Å². The third-order valence-corrected chi connectivity index (χ3v) is 11.3. The van der Waals surface area contributed by atoms with Gasteiger partial charge < -0.3 is 0 Å². The van der Waals surface area contributed by atoms with Crippen molar-refractivity contribution >= 4 is 85.1 Å². The van der Waals surface area contributed by atoms with Gasteiger partial charge in [-0.1, -0.05) is 109 Å². The predicted molar refractivity (Wildman–Crippen MR) is 193 cm³/mol. The standard InChI is InChI=1S/C40H23N3S2/c1-2-8-24(9-3-1)25-14-16-26(17-15-25)31-22-20-27-18-19-28-21-23-34(42-36(28)35(27)41-31)43-37-29-10-4-6-12-32(29)44-39(37)40-38(43)30-11-5-7-13-33(30)45-40/h1-23H. The molecule has 0 bridgehead atoms. The second kappa shape index (κ2) is 9.57. The minimum atomic E-state index is 0.918. The Balaban J connectivity index is 1.21. The smallest absolute Gasteiger partial charge is 0.138 e. The second-order valence-corrected chi connectivity index (χ2v) is 13.5. The lowest BCUT2D eigenvalue weighted by atomic mass is 10.0. The molecule has 0 aliphatic carbocycles. The zero-order chi connectivity index (χ0) is 29.5. The second-order valence-electron chi connectivity index (χ2n) is 11.4. The van der Waals surface area contributed by atoms with Crippen LogP contribution in [0.5, 0.6) is 0 Å². The van der Waals surface area contributed by atoms with E-state index in [1.165, 1.54) is 51.7 Å². The van der Waals surface area contributed by atoms with Crippen LogP contribution in [-0.4, -0.2) is 14.5 Å². The van der Waals surface area contributed by atoms with E-state index in [4.69, 9.17) is 9.97 Å². The largest absolute Gasteiger partial charge is 0.291 e. The first-order valence-electron chi connectivity index (χ1n) is 15.0. The van der Waals surface area contributed by atoms with Gasteiger partial charge in [0.25, 0.3) is 0 Å². The molecule has 0 unspecified atom stereocenters. The van der Waals surface area contributed by atoms with Gasteiger partial charge in [-0.05, 0) is 41.5 Å². The lowest BCUT2D eigenvalue weighted by molar-refractivity contribution is 1.11. The van der Waals surface area contributed by atoms with Gasteiger partial charge in [-0.15, -0.1) is 22.7 Å². The first kappa shape index (κ1) is 25.0. The topological polar surface area (TPSA) is 30.7 Å². The van der Waals surface area contributed by atoms with Crippen molar-refractivity contribution in [3.8, 4) is 28.2 Å². The summed E-state index contributed by atoms with van der Waals surface area (Å²) in [7, 11) is 0. The average molecular weight is 610 g/mol. The summed E-state index contributed by atoms with van der Waals surface area (Å²) in [6, 6.07) is 49.6. The van der Waals surface area contributed by atoms with Gasteiger partial charge in [-0.2, -0.15) is 0 Å². The number of aromatic nitrogens is 3. The van der Waals surface area contributed by atoms with E-state index in [-0.39, 0.29) is 0 Å². The van der Waals surface area contributed by atoms with E-state index in [0.717, 1.165) is 38.9 Å². The highest BCUT2D eigenvalue weighted by molar-refractivity contribution is 7.33. The monoisotopic (exact) mass is 609 g/mol. The highest BCUT2D eigenvalue weighted by Gasteiger charge is 2.22. The van der Waals surface area contributed by atoms with E-state index in [1.807, 2.05) is 28.7 Å². The maximum absolute atomic E-state index is 5.42. The summed E-state index contributed by atoms with van der Waals surface area (Å²) >= 11 is 3.75. The molecule has 3 nitrogen and oxygen atoms in total. The van der Waals surface area contributed by atoms with Crippen molar-refractivity contribution < 1.29 is 0 Å². The third kappa shape index (κ3) is 3.75. The van der Waals surface area contributed by atoms with E-state index >= 15 is 0 Å². The van der Waals surface area contributed by atoms with Crippen LogP contribution in [0.2, 0.25) is 0 Å². The SMILES string of the molecule is c1ccc(-c2ccc(-c3ccc4ccc5ccc(-n6c7c8ccccc8sc7c7sc8ccccc8c76)nc5c4n3)cc2)cc1. The molecule has 210 valence electrons. The zero-order valence-corrected chi connectivity index (χ0v) is 25.6. The number of benzene rings is 5. The maximum Gasteiger partial charge on any atom is 0.138 e. The van der Waals surface area contributed by atoms with Crippen LogP contribution in [0.25, 0.3) is 90.6 Å². The highest BCUT2D eigenvalue weighted by atomic mass is 32.1. The molecule has 10 rings (SSSR count). The van der Waals surface area contributed by atoms with Gasteiger partial charge >= 0.3 is 0 Å². The number of hydrogen-bond donors (Lipinski definition) is 0. The molecular formula is C40H23N3S2. The van der Waals surface area contributed by atoms with Crippen LogP contribution in [0.3, 0.4) is 0 Å². The normalized spacial score (nSPS) is 12.0.